The zero-order valence-electron chi connectivity index (χ0n) is 12.2. The largest absolute Gasteiger partial charge is 0.489 e. The predicted molar refractivity (Wildman–Crippen MR) is 86.0 cm³/mol. The number of halogens is 2. The van der Waals surface area contributed by atoms with Gasteiger partial charge in [-0.3, -0.25) is 4.72 Å². The van der Waals surface area contributed by atoms with Crippen LogP contribution in [-0.4, -0.2) is 26.7 Å². The van der Waals surface area contributed by atoms with Gasteiger partial charge < -0.3 is 9.84 Å². The summed E-state index contributed by atoms with van der Waals surface area (Å²) in [5.41, 5.74) is 0.584. The van der Waals surface area contributed by atoms with Crippen LogP contribution in [0.1, 0.15) is 5.56 Å². The number of hydrogen-bond acceptors (Lipinski definition) is 4. The van der Waals surface area contributed by atoms with Crippen molar-refractivity contribution in [1.82, 2.24) is 0 Å². The average molecular weight is 360 g/mol. The highest BCUT2D eigenvalue weighted by molar-refractivity contribution is 7.92. The molecule has 0 aromatic heterocycles. The number of hydrogen-bond donors (Lipinski definition) is 2. The zero-order chi connectivity index (χ0) is 17.0. The molecule has 8 heteroatoms. The van der Waals surface area contributed by atoms with Crippen molar-refractivity contribution in [2.24, 2.45) is 0 Å². The number of benzene rings is 2. The highest BCUT2D eigenvalue weighted by Gasteiger charge is 2.19. The third-order valence-electron chi connectivity index (χ3n) is 2.98. The first kappa shape index (κ1) is 17.5. The second kappa shape index (κ2) is 7.16. The summed E-state index contributed by atoms with van der Waals surface area (Å²) >= 11 is 5.85. The summed E-state index contributed by atoms with van der Waals surface area (Å²) in [6.45, 7) is 1.27. The van der Waals surface area contributed by atoms with Gasteiger partial charge in [-0.2, -0.15) is 0 Å². The van der Waals surface area contributed by atoms with Crippen molar-refractivity contribution in [2.45, 2.75) is 11.8 Å². The highest BCUT2D eigenvalue weighted by Crippen LogP contribution is 2.29. The molecule has 0 aliphatic rings. The first-order valence-corrected chi connectivity index (χ1v) is 8.52. The zero-order valence-corrected chi connectivity index (χ0v) is 13.8. The second-order valence-electron chi connectivity index (χ2n) is 4.73. The molecule has 2 rings (SSSR count). The summed E-state index contributed by atoms with van der Waals surface area (Å²) in [4.78, 5) is 0.0161. The highest BCUT2D eigenvalue weighted by atomic mass is 35.5. The minimum Gasteiger partial charge on any atom is -0.489 e. The van der Waals surface area contributed by atoms with Gasteiger partial charge in [0.1, 0.15) is 18.2 Å². The van der Waals surface area contributed by atoms with E-state index in [0.29, 0.717) is 5.56 Å². The normalized spacial score (nSPS) is 11.3. The van der Waals surface area contributed by atoms with Crippen molar-refractivity contribution >= 4 is 27.3 Å². The molecular weight excluding hydrogens is 345 g/mol. The first-order valence-electron chi connectivity index (χ1n) is 6.65. The number of nitrogens with one attached hydrogen (secondary N) is 1. The van der Waals surface area contributed by atoms with E-state index in [-0.39, 0.29) is 34.6 Å². The fraction of sp³-hybridized carbons (Fsp3) is 0.200. The molecule has 0 saturated heterocycles. The van der Waals surface area contributed by atoms with Crippen molar-refractivity contribution < 1.29 is 22.7 Å². The molecule has 5 nitrogen and oxygen atoms in total. The molecule has 0 aliphatic carbocycles. The van der Waals surface area contributed by atoms with E-state index in [9.17, 15) is 12.8 Å². The molecule has 0 bridgehead atoms. The summed E-state index contributed by atoms with van der Waals surface area (Å²) < 4.78 is 45.9. The number of aliphatic hydroxyl groups is 1. The molecule has 124 valence electrons. The van der Waals surface area contributed by atoms with E-state index in [2.05, 4.69) is 4.72 Å². The van der Waals surface area contributed by atoms with Crippen molar-refractivity contribution in [1.29, 1.82) is 0 Å². The molecule has 0 unspecified atom stereocenters. The molecule has 0 aliphatic heterocycles. The van der Waals surface area contributed by atoms with Gasteiger partial charge >= 0.3 is 0 Å². The van der Waals surface area contributed by atoms with Crippen molar-refractivity contribution in [3.8, 4) is 5.75 Å². The van der Waals surface area contributed by atoms with E-state index >= 15 is 0 Å². The fourth-order valence-corrected chi connectivity index (χ4v) is 3.50. The van der Waals surface area contributed by atoms with Crippen LogP contribution in [0.4, 0.5) is 10.1 Å². The van der Waals surface area contributed by atoms with E-state index in [1.165, 1.54) is 12.1 Å². The summed E-state index contributed by atoms with van der Waals surface area (Å²) in [6.07, 6.45) is 0. The molecule has 0 spiro atoms. The third kappa shape index (κ3) is 4.34. The van der Waals surface area contributed by atoms with Crippen LogP contribution >= 0.6 is 11.6 Å². The maximum atomic E-state index is 13.3. The minimum absolute atomic E-state index is 0.0118. The van der Waals surface area contributed by atoms with Crippen LogP contribution in [0, 0.1) is 12.7 Å². The Morgan fingerprint density at radius 1 is 1.26 bits per heavy atom. The van der Waals surface area contributed by atoms with Gasteiger partial charge in [0.05, 0.1) is 17.2 Å². The lowest BCUT2D eigenvalue weighted by Gasteiger charge is -2.14. The molecule has 23 heavy (non-hydrogen) atoms. The Morgan fingerprint density at radius 3 is 2.70 bits per heavy atom. The summed E-state index contributed by atoms with van der Waals surface area (Å²) in [7, 11) is -3.93. The van der Waals surface area contributed by atoms with Gasteiger partial charge in [-0.05, 0) is 36.8 Å². The lowest BCUT2D eigenvalue weighted by atomic mass is 10.2. The van der Waals surface area contributed by atoms with Crippen molar-refractivity contribution in [3.63, 3.8) is 0 Å². The van der Waals surface area contributed by atoms with E-state index in [0.717, 1.165) is 12.1 Å². The fourth-order valence-electron chi connectivity index (χ4n) is 1.92. The van der Waals surface area contributed by atoms with Crippen LogP contribution in [0.2, 0.25) is 5.02 Å². The molecule has 0 radical (unpaired) electrons. The Balaban J connectivity index is 2.39. The molecule has 2 aromatic carbocycles. The molecule has 0 fully saturated rings. The van der Waals surface area contributed by atoms with Gasteiger partial charge in [0, 0.05) is 11.1 Å². The van der Waals surface area contributed by atoms with Crippen LogP contribution in [0.3, 0.4) is 0 Å². The summed E-state index contributed by atoms with van der Waals surface area (Å²) in [5.74, 6) is -0.595. The molecule has 2 N–H and O–H groups in total. The summed E-state index contributed by atoms with van der Waals surface area (Å²) in [6, 6.07) is 7.90. The second-order valence-corrected chi connectivity index (χ2v) is 6.82. The number of rotatable bonds is 6. The average Bonchev–Trinajstić information content (AvgIpc) is 2.49. The van der Waals surface area contributed by atoms with Gasteiger partial charge in [0.2, 0.25) is 0 Å². The SMILES string of the molecule is Cc1ccc(Cl)cc1S(=O)(=O)Nc1ccc(F)cc1OCCO. The third-order valence-corrected chi connectivity index (χ3v) is 4.72. The Morgan fingerprint density at radius 2 is 2.00 bits per heavy atom. The molecule has 0 atom stereocenters. The maximum Gasteiger partial charge on any atom is 0.262 e. The van der Waals surface area contributed by atoms with Crippen LogP contribution in [0.5, 0.6) is 5.75 Å². The number of anilines is 1. The molecule has 0 amide bonds. The Kier molecular flexibility index (Phi) is 5.46. The van der Waals surface area contributed by atoms with E-state index in [4.69, 9.17) is 21.4 Å². The Labute approximate surface area is 138 Å². The molecule has 2 aromatic rings. The predicted octanol–water partition coefficient (Wildman–Crippen LogP) is 2.96. The van der Waals surface area contributed by atoms with Gasteiger partial charge in [0.25, 0.3) is 10.0 Å². The molecule has 0 heterocycles. The number of aryl methyl sites for hydroxylation is 1. The molecular formula is C15H15ClFNO4S. The van der Waals surface area contributed by atoms with E-state index in [1.807, 2.05) is 0 Å². The van der Waals surface area contributed by atoms with Gasteiger partial charge in [-0.25, -0.2) is 12.8 Å². The quantitative estimate of drug-likeness (QED) is 0.831. The van der Waals surface area contributed by atoms with Crippen LogP contribution < -0.4 is 9.46 Å². The lowest BCUT2D eigenvalue weighted by molar-refractivity contribution is 0.201. The summed E-state index contributed by atoms with van der Waals surface area (Å²) in [5, 5.41) is 9.08. The van der Waals surface area contributed by atoms with Crippen molar-refractivity contribution in [2.75, 3.05) is 17.9 Å². The minimum atomic E-state index is -3.93. The first-order chi connectivity index (χ1) is 10.8. The Bertz CT molecular complexity index is 811. The standard InChI is InChI=1S/C15H15ClFNO4S/c1-10-2-3-11(16)8-15(10)23(20,21)18-13-5-4-12(17)9-14(13)22-7-6-19/h2-5,8-9,18-19H,6-7H2,1H3. The smallest absolute Gasteiger partial charge is 0.262 e. The molecule has 0 saturated carbocycles. The number of ether oxygens (including phenoxy) is 1. The number of sulfonamides is 1. The van der Waals surface area contributed by atoms with Gasteiger partial charge in [-0.15, -0.1) is 0 Å². The lowest BCUT2D eigenvalue weighted by Crippen LogP contribution is -2.15. The van der Waals surface area contributed by atoms with E-state index in [1.54, 1.807) is 19.1 Å². The topological polar surface area (TPSA) is 75.6 Å². The van der Waals surface area contributed by atoms with Crippen LogP contribution in [0.25, 0.3) is 0 Å². The van der Waals surface area contributed by atoms with Crippen molar-refractivity contribution in [3.05, 3.63) is 52.8 Å². The van der Waals surface area contributed by atoms with E-state index < -0.39 is 15.8 Å². The van der Waals surface area contributed by atoms with Gasteiger partial charge in [0.15, 0.2) is 0 Å². The maximum absolute atomic E-state index is 13.3. The number of aliphatic hydroxyl groups excluding tert-OH is 1. The monoisotopic (exact) mass is 359 g/mol. The van der Waals surface area contributed by atoms with Crippen LogP contribution in [-0.2, 0) is 10.0 Å². The Hall–Kier alpha value is -1.83. The van der Waals surface area contributed by atoms with Gasteiger partial charge in [-0.1, -0.05) is 17.7 Å². The van der Waals surface area contributed by atoms with Crippen LogP contribution in [0.15, 0.2) is 41.3 Å².